The summed E-state index contributed by atoms with van der Waals surface area (Å²) in [5.74, 6) is 1.60. The first-order chi connectivity index (χ1) is 8.74. The van der Waals surface area contributed by atoms with E-state index in [1.54, 1.807) is 0 Å². The Bertz CT molecular complexity index is 433. The van der Waals surface area contributed by atoms with Crippen molar-refractivity contribution in [3.8, 4) is 0 Å². The van der Waals surface area contributed by atoms with Gasteiger partial charge in [0.05, 0.1) is 5.69 Å². The second-order valence-electron chi connectivity index (χ2n) is 5.12. The van der Waals surface area contributed by atoms with Crippen LogP contribution in [0.4, 0.5) is 5.82 Å². The van der Waals surface area contributed by atoms with Crippen molar-refractivity contribution in [3.63, 3.8) is 0 Å². The SMILES string of the molecule is Cc1ccc(N2CCN(C(=O)C3CC3)CC2)nn1. The van der Waals surface area contributed by atoms with Crippen molar-refractivity contribution in [1.29, 1.82) is 0 Å². The number of rotatable bonds is 2. The first-order valence-corrected chi connectivity index (χ1v) is 6.58. The second kappa shape index (κ2) is 4.55. The maximum absolute atomic E-state index is 11.9. The fourth-order valence-electron chi connectivity index (χ4n) is 2.30. The molecule has 1 aliphatic heterocycles. The lowest BCUT2D eigenvalue weighted by atomic mass is 10.2. The minimum atomic E-state index is 0.329. The van der Waals surface area contributed by atoms with Crippen molar-refractivity contribution in [1.82, 2.24) is 15.1 Å². The van der Waals surface area contributed by atoms with Crippen molar-refractivity contribution < 1.29 is 4.79 Å². The summed E-state index contributed by atoms with van der Waals surface area (Å²) in [7, 11) is 0. The molecule has 0 bridgehead atoms. The molecule has 1 saturated carbocycles. The van der Waals surface area contributed by atoms with Crippen LogP contribution in [-0.4, -0.2) is 47.2 Å². The largest absolute Gasteiger partial charge is 0.352 e. The summed E-state index contributed by atoms with van der Waals surface area (Å²) in [5.41, 5.74) is 0.932. The summed E-state index contributed by atoms with van der Waals surface area (Å²) in [6.45, 7) is 5.27. The summed E-state index contributed by atoms with van der Waals surface area (Å²) in [5, 5.41) is 8.27. The number of hydrogen-bond acceptors (Lipinski definition) is 4. The third kappa shape index (κ3) is 2.30. The van der Waals surface area contributed by atoms with Gasteiger partial charge in [-0.2, -0.15) is 5.10 Å². The Morgan fingerprint density at radius 3 is 2.44 bits per heavy atom. The van der Waals surface area contributed by atoms with Crippen LogP contribution in [0.5, 0.6) is 0 Å². The van der Waals surface area contributed by atoms with Gasteiger partial charge in [0.15, 0.2) is 5.82 Å². The van der Waals surface area contributed by atoms with E-state index in [1.807, 2.05) is 24.0 Å². The number of aryl methyl sites for hydroxylation is 1. The van der Waals surface area contributed by atoms with Gasteiger partial charge in [0, 0.05) is 32.1 Å². The summed E-state index contributed by atoms with van der Waals surface area (Å²) in [6, 6.07) is 3.98. The summed E-state index contributed by atoms with van der Waals surface area (Å²) >= 11 is 0. The topological polar surface area (TPSA) is 49.3 Å². The Morgan fingerprint density at radius 1 is 1.17 bits per heavy atom. The van der Waals surface area contributed by atoms with Crippen LogP contribution in [0, 0.1) is 12.8 Å². The van der Waals surface area contributed by atoms with Crippen LogP contribution in [0.15, 0.2) is 12.1 Å². The first kappa shape index (κ1) is 11.4. The van der Waals surface area contributed by atoms with Gasteiger partial charge in [0.1, 0.15) is 0 Å². The Morgan fingerprint density at radius 2 is 1.89 bits per heavy atom. The minimum Gasteiger partial charge on any atom is -0.352 e. The molecule has 1 aromatic heterocycles. The van der Waals surface area contributed by atoms with Crippen LogP contribution in [0.25, 0.3) is 0 Å². The Labute approximate surface area is 107 Å². The average Bonchev–Trinajstić information content (AvgIpc) is 3.23. The van der Waals surface area contributed by atoms with E-state index in [1.165, 1.54) is 0 Å². The Balaban J connectivity index is 1.59. The van der Waals surface area contributed by atoms with Gasteiger partial charge < -0.3 is 9.80 Å². The van der Waals surface area contributed by atoms with Gasteiger partial charge in [-0.05, 0) is 31.9 Å². The lowest BCUT2D eigenvalue weighted by Gasteiger charge is -2.35. The average molecular weight is 246 g/mol. The molecule has 5 heteroatoms. The maximum Gasteiger partial charge on any atom is 0.225 e. The third-order valence-corrected chi connectivity index (χ3v) is 3.63. The molecule has 0 spiro atoms. The number of piperazine rings is 1. The maximum atomic E-state index is 11.9. The Kier molecular flexibility index (Phi) is 2.89. The fourth-order valence-corrected chi connectivity index (χ4v) is 2.30. The van der Waals surface area contributed by atoms with E-state index in [0.29, 0.717) is 11.8 Å². The van der Waals surface area contributed by atoms with Gasteiger partial charge in [0.25, 0.3) is 0 Å². The van der Waals surface area contributed by atoms with Crippen LogP contribution >= 0.6 is 0 Å². The molecule has 0 radical (unpaired) electrons. The second-order valence-corrected chi connectivity index (χ2v) is 5.12. The number of anilines is 1. The molecule has 2 heterocycles. The van der Waals surface area contributed by atoms with E-state index >= 15 is 0 Å². The lowest BCUT2D eigenvalue weighted by molar-refractivity contribution is -0.132. The van der Waals surface area contributed by atoms with E-state index in [2.05, 4.69) is 15.1 Å². The van der Waals surface area contributed by atoms with Crippen molar-refractivity contribution in [3.05, 3.63) is 17.8 Å². The molecule has 0 atom stereocenters. The third-order valence-electron chi connectivity index (χ3n) is 3.63. The Hall–Kier alpha value is -1.65. The van der Waals surface area contributed by atoms with Crippen molar-refractivity contribution in [2.75, 3.05) is 31.1 Å². The molecule has 1 aromatic rings. The number of nitrogens with zero attached hydrogens (tertiary/aromatic N) is 4. The molecule has 1 amide bonds. The number of amides is 1. The van der Waals surface area contributed by atoms with Gasteiger partial charge in [-0.15, -0.1) is 5.10 Å². The normalized spacial score (nSPS) is 20.1. The molecule has 2 aliphatic rings. The monoisotopic (exact) mass is 246 g/mol. The zero-order valence-corrected chi connectivity index (χ0v) is 10.7. The smallest absolute Gasteiger partial charge is 0.225 e. The first-order valence-electron chi connectivity index (χ1n) is 6.58. The molecule has 18 heavy (non-hydrogen) atoms. The molecule has 0 N–H and O–H groups in total. The van der Waals surface area contributed by atoms with Gasteiger partial charge in [-0.25, -0.2) is 0 Å². The van der Waals surface area contributed by atoms with E-state index in [0.717, 1.165) is 50.5 Å². The number of carbonyl (C=O) groups excluding carboxylic acids is 1. The predicted octanol–water partition coefficient (Wildman–Crippen LogP) is 0.844. The summed E-state index contributed by atoms with van der Waals surface area (Å²) in [4.78, 5) is 16.1. The van der Waals surface area contributed by atoms with Crippen LogP contribution < -0.4 is 4.90 Å². The number of aromatic nitrogens is 2. The van der Waals surface area contributed by atoms with Gasteiger partial charge in [-0.3, -0.25) is 4.79 Å². The predicted molar refractivity (Wildman–Crippen MR) is 68.3 cm³/mol. The molecule has 96 valence electrons. The van der Waals surface area contributed by atoms with Gasteiger partial charge >= 0.3 is 0 Å². The van der Waals surface area contributed by atoms with Gasteiger partial charge in [0.2, 0.25) is 5.91 Å². The molecule has 0 aromatic carbocycles. The molecule has 5 nitrogen and oxygen atoms in total. The molecule has 3 rings (SSSR count). The number of hydrogen-bond donors (Lipinski definition) is 0. The molecule has 1 saturated heterocycles. The number of carbonyl (C=O) groups is 1. The highest BCUT2D eigenvalue weighted by Crippen LogP contribution is 2.31. The molecular formula is C13H18N4O. The summed E-state index contributed by atoms with van der Waals surface area (Å²) in [6.07, 6.45) is 2.17. The van der Waals surface area contributed by atoms with E-state index in [-0.39, 0.29) is 0 Å². The quantitative estimate of drug-likeness (QED) is 0.776. The van der Waals surface area contributed by atoms with Crippen LogP contribution in [-0.2, 0) is 4.79 Å². The van der Waals surface area contributed by atoms with Crippen molar-refractivity contribution in [2.45, 2.75) is 19.8 Å². The van der Waals surface area contributed by atoms with Crippen molar-refractivity contribution >= 4 is 11.7 Å². The highest BCUT2D eigenvalue weighted by atomic mass is 16.2. The van der Waals surface area contributed by atoms with Crippen molar-refractivity contribution in [2.24, 2.45) is 5.92 Å². The zero-order valence-electron chi connectivity index (χ0n) is 10.7. The van der Waals surface area contributed by atoms with Crippen LogP contribution in [0.3, 0.4) is 0 Å². The molecule has 1 aliphatic carbocycles. The van der Waals surface area contributed by atoms with Crippen LogP contribution in [0.2, 0.25) is 0 Å². The lowest BCUT2D eigenvalue weighted by Crippen LogP contribution is -2.49. The highest BCUT2D eigenvalue weighted by molar-refractivity contribution is 5.81. The highest BCUT2D eigenvalue weighted by Gasteiger charge is 2.34. The molecular weight excluding hydrogens is 228 g/mol. The standard InChI is InChI=1S/C13H18N4O/c1-10-2-5-12(15-14-10)16-6-8-17(9-7-16)13(18)11-3-4-11/h2,5,11H,3-4,6-9H2,1H3. The van der Waals surface area contributed by atoms with E-state index in [9.17, 15) is 4.79 Å². The van der Waals surface area contributed by atoms with Crippen LogP contribution in [0.1, 0.15) is 18.5 Å². The molecule has 0 unspecified atom stereocenters. The zero-order chi connectivity index (χ0) is 12.5. The van der Waals surface area contributed by atoms with E-state index < -0.39 is 0 Å². The van der Waals surface area contributed by atoms with E-state index in [4.69, 9.17) is 0 Å². The fraction of sp³-hybridized carbons (Fsp3) is 0.615. The minimum absolute atomic E-state index is 0.329. The van der Waals surface area contributed by atoms with Gasteiger partial charge in [-0.1, -0.05) is 0 Å². The molecule has 2 fully saturated rings. The summed E-state index contributed by atoms with van der Waals surface area (Å²) < 4.78 is 0.